The van der Waals surface area contributed by atoms with E-state index in [1.165, 1.54) is 12.1 Å². The minimum Gasteiger partial charge on any atom is -0.358 e. The van der Waals surface area contributed by atoms with Gasteiger partial charge in [0, 0.05) is 33.7 Å². The van der Waals surface area contributed by atoms with Crippen molar-refractivity contribution in [3.63, 3.8) is 0 Å². The largest absolute Gasteiger partial charge is 0.358 e. The molecule has 0 unspecified atom stereocenters. The molecule has 0 amide bonds. The Kier molecular flexibility index (Phi) is 6.74. The van der Waals surface area contributed by atoms with Crippen molar-refractivity contribution in [1.29, 1.82) is 0 Å². The molecule has 3 heterocycles. The van der Waals surface area contributed by atoms with Crippen molar-refractivity contribution >= 4 is 34.4 Å². The highest BCUT2D eigenvalue weighted by molar-refractivity contribution is 5.94. The second-order valence-corrected chi connectivity index (χ2v) is 10.5. The van der Waals surface area contributed by atoms with Gasteiger partial charge >= 0.3 is 0 Å². The van der Waals surface area contributed by atoms with Crippen LogP contribution in [0.25, 0.3) is 51.4 Å². The maximum Gasteiger partial charge on any atom is 0.159 e. The number of para-hydroxylation sites is 1. The Balaban J connectivity index is 1.56. The van der Waals surface area contributed by atoms with Gasteiger partial charge in [-0.2, -0.15) is 5.10 Å². The van der Waals surface area contributed by atoms with Gasteiger partial charge in [0.2, 0.25) is 0 Å². The molecule has 0 spiro atoms. The molecule has 5 rings (SSSR count). The molecular formula is C32H31FN6. The number of allylic oxidation sites excluding steroid dienone is 2. The Hall–Kier alpha value is -4.78. The van der Waals surface area contributed by atoms with Crippen LogP contribution in [0.3, 0.4) is 0 Å². The van der Waals surface area contributed by atoms with E-state index in [4.69, 9.17) is 4.98 Å². The number of pyridine rings is 1. The number of nitrogens with zero attached hydrogens (tertiary/aromatic N) is 3. The number of H-pyrrole nitrogens is 2. The normalized spacial score (nSPS) is 12.7. The summed E-state index contributed by atoms with van der Waals surface area (Å²) in [5.74, 6) is 0.315. The fourth-order valence-corrected chi connectivity index (χ4v) is 4.25. The predicted octanol–water partition coefficient (Wildman–Crippen LogP) is 6.42. The summed E-state index contributed by atoms with van der Waals surface area (Å²) in [5.41, 5.74) is 7.15. The van der Waals surface area contributed by atoms with E-state index < -0.39 is 0 Å². The molecular weight excluding hydrogens is 487 g/mol. The molecule has 6 nitrogen and oxygen atoms in total. The molecule has 196 valence electrons. The summed E-state index contributed by atoms with van der Waals surface area (Å²) >= 11 is 0. The number of hydrogen-bond acceptors (Lipinski definition) is 4. The molecule has 0 radical (unpaired) electrons. The van der Waals surface area contributed by atoms with Crippen molar-refractivity contribution < 1.29 is 4.39 Å². The van der Waals surface area contributed by atoms with E-state index in [1.807, 2.05) is 49.4 Å². The Morgan fingerprint density at radius 2 is 1.85 bits per heavy atom. The van der Waals surface area contributed by atoms with Gasteiger partial charge in [-0.25, -0.2) is 9.37 Å². The molecule has 2 aromatic carbocycles. The first-order valence-electron chi connectivity index (χ1n) is 12.7. The minimum atomic E-state index is -0.289. The summed E-state index contributed by atoms with van der Waals surface area (Å²) < 4.78 is 13.9. The molecule has 7 heteroatoms. The maximum atomic E-state index is 13.9. The van der Waals surface area contributed by atoms with E-state index >= 15 is 0 Å². The molecule has 0 bridgehead atoms. The zero-order chi connectivity index (χ0) is 27.7. The summed E-state index contributed by atoms with van der Waals surface area (Å²) in [7, 11) is 0. The van der Waals surface area contributed by atoms with Crippen LogP contribution in [0.4, 0.5) is 10.1 Å². The van der Waals surface area contributed by atoms with E-state index in [9.17, 15) is 4.39 Å². The monoisotopic (exact) mass is 518 g/mol. The van der Waals surface area contributed by atoms with E-state index in [-0.39, 0.29) is 11.2 Å². The third-order valence-electron chi connectivity index (χ3n) is 6.62. The third kappa shape index (κ3) is 5.29. The Morgan fingerprint density at radius 3 is 2.59 bits per heavy atom. The van der Waals surface area contributed by atoms with E-state index in [2.05, 4.69) is 59.4 Å². The minimum absolute atomic E-state index is 0.0855. The van der Waals surface area contributed by atoms with Crippen molar-refractivity contribution in [1.82, 2.24) is 25.1 Å². The maximum absolute atomic E-state index is 13.9. The predicted molar refractivity (Wildman–Crippen MR) is 158 cm³/mol. The average molecular weight is 519 g/mol. The van der Waals surface area contributed by atoms with Gasteiger partial charge in [0.1, 0.15) is 11.5 Å². The molecule has 0 aliphatic rings. The number of benzene rings is 2. The van der Waals surface area contributed by atoms with Gasteiger partial charge in [-0.15, -0.1) is 0 Å². The molecule has 3 aromatic heterocycles. The van der Waals surface area contributed by atoms with Gasteiger partial charge in [-0.05, 0) is 48.4 Å². The molecule has 0 aliphatic carbocycles. The Morgan fingerprint density at radius 1 is 1.05 bits per heavy atom. The van der Waals surface area contributed by atoms with Crippen LogP contribution in [0.5, 0.6) is 0 Å². The molecule has 3 N–H and O–H groups in total. The number of fused-ring (bicyclic) bond motifs is 1. The van der Waals surface area contributed by atoms with Gasteiger partial charge in [-0.3, -0.25) is 10.1 Å². The van der Waals surface area contributed by atoms with Gasteiger partial charge in [0.05, 0.1) is 28.3 Å². The molecule has 0 fully saturated rings. The van der Waals surface area contributed by atoms with Crippen molar-refractivity contribution in [2.75, 3.05) is 5.32 Å². The lowest BCUT2D eigenvalue weighted by Crippen LogP contribution is -2.23. The SMILES string of the molecule is C=C(/C=c1/c(-c2nc3c(-c4cccc(F)c4)cccc3[nH]2)n[nH]/c1=C/C)c1cncc(NC(=C)C(C)(C)C)c1. The van der Waals surface area contributed by atoms with Crippen molar-refractivity contribution in [3.05, 3.63) is 102 Å². The highest BCUT2D eigenvalue weighted by Crippen LogP contribution is 2.29. The number of nitrogens with one attached hydrogen (secondary N) is 3. The molecule has 0 saturated carbocycles. The number of anilines is 1. The number of hydrogen-bond donors (Lipinski definition) is 3. The van der Waals surface area contributed by atoms with Crippen LogP contribution in [0.15, 0.2) is 79.8 Å². The average Bonchev–Trinajstić information content (AvgIpc) is 3.51. The summed E-state index contributed by atoms with van der Waals surface area (Å²) in [5, 5.41) is 12.7. The van der Waals surface area contributed by atoms with Crippen molar-refractivity contribution in [3.8, 4) is 22.6 Å². The first kappa shape index (κ1) is 25.9. The van der Waals surface area contributed by atoms with E-state index in [0.29, 0.717) is 11.5 Å². The lowest BCUT2D eigenvalue weighted by atomic mass is 9.93. The fourth-order valence-electron chi connectivity index (χ4n) is 4.25. The van der Waals surface area contributed by atoms with Crippen LogP contribution < -0.4 is 15.9 Å². The standard InChI is InChI=1S/C32H31FN6/c1-7-27-26(14-19(2)22-16-24(18-34-17-22)35-20(3)32(4,5)6)30(39-38-27)31-36-28-13-9-12-25(29(28)37-31)21-10-8-11-23(33)15-21/h7-18,35,38H,2-3H2,1,4-6H3,(H,36,37)/b26-14+,27-7+. The number of aromatic nitrogens is 5. The van der Waals surface area contributed by atoms with Gasteiger partial charge in [0.25, 0.3) is 0 Å². The molecule has 0 atom stereocenters. The lowest BCUT2D eigenvalue weighted by Gasteiger charge is -2.23. The molecule has 39 heavy (non-hydrogen) atoms. The highest BCUT2D eigenvalue weighted by atomic mass is 19.1. The van der Waals surface area contributed by atoms with Crippen LogP contribution in [0.1, 0.15) is 33.3 Å². The number of rotatable bonds is 6. The van der Waals surface area contributed by atoms with Crippen LogP contribution >= 0.6 is 0 Å². The highest BCUT2D eigenvalue weighted by Gasteiger charge is 2.16. The second-order valence-electron chi connectivity index (χ2n) is 10.5. The number of imidazole rings is 1. The van der Waals surface area contributed by atoms with Gasteiger partial charge in [0.15, 0.2) is 5.82 Å². The summed E-state index contributed by atoms with van der Waals surface area (Å²) in [6.07, 6.45) is 7.49. The second kappa shape index (κ2) is 10.2. The summed E-state index contributed by atoms with van der Waals surface area (Å²) in [4.78, 5) is 12.7. The Bertz CT molecular complexity index is 1830. The summed E-state index contributed by atoms with van der Waals surface area (Å²) in [6, 6.07) is 14.3. The number of aromatic amines is 2. The quantitative estimate of drug-likeness (QED) is 0.242. The van der Waals surface area contributed by atoms with Gasteiger partial charge < -0.3 is 10.3 Å². The van der Waals surface area contributed by atoms with Crippen molar-refractivity contribution in [2.45, 2.75) is 27.7 Å². The van der Waals surface area contributed by atoms with Gasteiger partial charge in [-0.1, -0.05) is 64.3 Å². The number of halogens is 1. The van der Waals surface area contributed by atoms with Crippen molar-refractivity contribution in [2.24, 2.45) is 5.41 Å². The zero-order valence-corrected chi connectivity index (χ0v) is 22.6. The molecule has 5 aromatic rings. The van der Waals surface area contributed by atoms with Crippen LogP contribution in [0, 0.1) is 11.2 Å². The fraction of sp³-hybridized carbons (Fsp3) is 0.156. The van der Waals surface area contributed by atoms with E-state index in [0.717, 1.165) is 55.2 Å². The molecule has 0 saturated heterocycles. The smallest absolute Gasteiger partial charge is 0.159 e. The lowest BCUT2D eigenvalue weighted by molar-refractivity contribution is 0.509. The first-order valence-corrected chi connectivity index (χ1v) is 12.7. The third-order valence-corrected chi connectivity index (χ3v) is 6.62. The summed E-state index contributed by atoms with van der Waals surface area (Å²) in [6.45, 7) is 16.7. The molecule has 0 aliphatic heterocycles. The van der Waals surface area contributed by atoms with Crippen LogP contribution in [0.2, 0.25) is 0 Å². The van der Waals surface area contributed by atoms with Crippen LogP contribution in [-0.2, 0) is 0 Å². The first-order chi connectivity index (χ1) is 18.6. The van der Waals surface area contributed by atoms with Crippen LogP contribution in [-0.4, -0.2) is 25.1 Å². The van der Waals surface area contributed by atoms with E-state index in [1.54, 1.807) is 18.5 Å². The topological polar surface area (TPSA) is 82.3 Å². The zero-order valence-electron chi connectivity index (χ0n) is 22.6. The Labute approximate surface area is 226 Å².